The third-order valence-corrected chi connectivity index (χ3v) is 4.16. The zero-order valence-corrected chi connectivity index (χ0v) is 13.9. The summed E-state index contributed by atoms with van der Waals surface area (Å²) in [5, 5.41) is 4.48. The first kappa shape index (κ1) is 16.0. The molecule has 0 fully saturated rings. The zero-order valence-electron chi connectivity index (χ0n) is 11.5. The van der Waals surface area contributed by atoms with Gasteiger partial charge in [-0.15, -0.1) is 5.10 Å². The van der Waals surface area contributed by atoms with E-state index in [-0.39, 0.29) is 27.6 Å². The number of nitrogens with two attached hydrogens (primary N) is 1. The Bertz CT molecular complexity index is 894. The fraction of sp³-hybridized carbons (Fsp3) is 0.167. The summed E-state index contributed by atoms with van der Waals surface area (Å²) in [7, 11) is 0. The molecule has 0 spiro atoms. The van der Waals surface area contributed by atoms with Gasteiger partial charge in [-0.1, -0.05) is 27.7 Å². The van der Waals surface area contributed by atoms with Crippen molar-refractivity contribution < 1.29 is 13.2 Å². The Morgan fingerprint density at radius 1 is 1.22 bits per heavy atom. The molecule has 2 N–H and O–H groups in total. The first-order valence-corrected chi connectivity index (χ1v) is 8.13. The molecule has 2 heterocycles. The Balaban J connectivity index is 2.16. The number of hydrogen-bond donors (Lipinski definition) is 1. The minimum Gasteiger partial charge on any atom is -0.368 e. The van der Waals surface area contributed by atoms with Gasteiger partial charge in [-0.3, -0.25) is 0 Å². The molecule has 0 aliphatic carbocycles. The lowest BCUT2D eigenvalue weighted by molar-refractivity contribution is -0.138. The summed E-state index contributed by atoms with van der Waals surface area (Å²) in [6.07, 6.45) is -2.72. The maximum absolute atomic E-state index is 13.0. The van der Waals surface area contributed by atoms with E-state index >= 15 is 0 Å². The van der Waals surface area contributed by atoms with Crippen LogP contribution in [-0.2, 0) is 6.18 Å². The van der Waals surface area contributed by atoms with E-state index in [1.54, 1.807) is 6.26 Å². The molecular formula is C12H8BrF3N6S. The number of hydrogen-bond acceptors (Lipinski definition) is 6. The molecule has 0 unspecified atom stereocenters. The molecule has 0 atom stereocenters. The van der Waals surface area contributed by atoms with Crippen molar-refractivity contribution in [2.24, 2.45) is 0 Å². The van der Waals surface area contributed by atoms with Gasteiger partial charge < -0.3 is 5.73 Å². The highest BCUT2D eigenvalue weighted by Crippen LogP contribution is 2.36. The van der Waals surface area contributed by atoms with Gasteiger partial charge in [0, 0.05) is 10.0 Å². The van der Waals surface area contributed by atoms with Gasteiger partial charge in [-0.05, 0) is 24.5 Å². The molecule has 3 aromatic rings. The van der Waals surface area contributed by atoms with Crippen molar-refractivity contribution in [2.75, 3.05) is 12.0 Å². The van der Waals surface area contributed by atoms with Crippen molar-refractivity contribution in [3.8, 4) is 11.4 Å². The fourth-order valence-corrected chi connectivity index (χ4v) is 2.71. The molecular weight excluding hydrogens is 397 g/mol. The van der Waals surface area contributed by atoms with E-state index in [2.05, 4.69) is 36.0 Å². The van der Waals surface area contributed by atoms with Crippen molar-refractivity contribution in [3.63, 3.8) is 0 Å². The second-order valence-corrected chi connectivity index (χ2v) is 6.04. The summed E-state index contributed by atoms with van der Waals surface area (Å²) < 4.78 is 40.1. The number of halogens is 4. The molecule has 0 aliphatic rings. The van der Waals surface area contributed by atoms with E-state index in [1.165, 1.54) is 28.4 Å². The Hall–Kier alpha value is -1.88. The monoisotopic (exact) mass is 404 g/mol. The normalized spacial score (nSPS) is 12.0. The maximum Gasteiger partial charge on any atom is 0.417 e. The second kappa shape index (κ2) is 5.64. The summed E-state index contributed by atoms with van der Waals surface area (Å²) in [5.74, 6) is 0.321. The van der Waals surface area contributed by atoms with Crippen LogP contribution in [0.4, 0.5) is 19.1 Å². The number of benzene rings is 1. The lowest BCUT2D eigenvalue weighted by atomic mass is 10.1. The maximum atomic E-state index is 13.0. The average Bonchev–Trinajstić information content (AvgIpc) is 2.91. The Morgan fingerprint density at radius 2 is 1.96 bits per heavy atom. The summed E-state index contributed by atoms with van der Waals surface area (Å²) in [5.41, 5.74) is 5.15. The highest BCUT2D eigenvalue weighted by atomic mass is 79.9. The third kappa shape index (κ3) is 2.98. The first-order valence-electron chi connectivity index (χ1n) is 6.11. The van der Waals surface area contributed by atoms with E-state index in [0.717, 1.165) is 6.07 Å². The summed E-state index contributed by atoms with van der Waals surface area (Å²) in [4.78, 5) is 12.2. The quantitative estimate of drug-likeness (QED) is 0.660. The number of fused-ring (bicyclic) bond motifs is 1. The lowest BCUT2D eigenvalue weighted by Gasteiger charge is -2.09. The van der Waals surface area contributed by atoms with Crippen molar-refractivity contribution in [2.45, 2.75) is 11.3 Å². The molecule has 0 radical (unpaired) electrons. The Labute approximate surface area is 140 Å². The Kier molecular flexibility index (Phi) is 3.92. The van der Waals surface area contributed by atoms with Gasteiger partial charge in [-0.25, -0.2) is 0 Å². The van der Waals surface area contributed by atoms with Crippen LogP contribution in [0.5, 0.6) is 0 Å². The molecule has 0 saturated carbocycles. The van der Waals surface area contributed by atoms with Crippen LogP contribution < -0.4 is 5.73 Å². The van der Waals surface area contributed by atoms with Crippen LogP contribution in [-0.4, -0.2) is 30.8 Å². The smallest absolute Gasteiger partial charge is 0.368 e. The van der Waals surface area contributed by atoms with Gasteiger partial charge >= 0.3 is 6.18 Å². The van der Waals surface area contributed by atoms with Crippen LogP contribution in [0.3, 0.4) is 0 Å². The minimum absolute atomic E-state index is 0.0542. The molecule has 0 aliphatic heterocycles. The SMILES string of the molecule is CSc1nc(N)n2nc(-c3ccc(Br)c(C(F)(F)F)c3)nc2n1. The van der Waals surface area contributed by atoms with E-state index < -0.39 is 11.7 Å². The Morgan fingerprint density at radius 3 is 2.61 bits per heavy atom. The zero-order chi connectivity index (χ0) is 16.8. The van der Waals surface area contributed by atoms with Crippen LogP contribution >= 0.6 is 27.7 Å². The van der Waals surface area contributed by atoms with Crippen molar-refractivity contribution in [1.29, 1.82) is 0 Å². The van der Waals surface area contributed by atoms with Crippen LogP contribution in [0.15, 0.2) is 27.8 Å². The predicted molar refractivity (Wildman–Crippen MR) is 82.9 cm³/mol. The van der Waals surface area contributed by atoms with Crippen molar-refractivity contribution in [1.82, 2.24) is 24.6 Å². The number of nitrogen functional groups attached to an aromatic ring is 1. The van der Waals surface area contributed by atoms with E-state index in [4.69, 9.17) is 5.73 Å². The molecule has 11 heteroatoms. The molecule has 0 bridgehead atoms. The van der Waals surface area contributed by atoms with Crippen molar-refractivity contribution in [3.05, 3.63) is 28.2 Å². The number of nitrogens with zero attached hydrogens (tertiary/aromatic N) is 5. The summed E-state index contributed by atoms with van der Waals surface area (Å²) >= 11 is 4.17. The van der Waals surface area contributed by atoms with Gasteiger partial charge in [0.15, 0.2) is 11.0 Å². The molecule has 0 amide bonds. The van der Waals surface area contributed by atoms with Crippen LogP contribution in [0.1, 0.15) is 5.56 Å². The van der Waals surface area contributed by atoms with E-state index in [1.807, 2.05) is 0 Å². The number of alkyl halides is 3. The largest absolute Gasteiger partial charge is 0.417 e. The second-order valence-electron chi connectivity index (χ2n) is 4.41. The number of rotatable bonds is 2. The number of anilines is 1. The highest BCUT2D eigenvalue weighted by molar-refractivity contribution is 9.10. The standard InChI is InChI=1S/C12H8BrF3N6S/c1-23-11-19-9(17)22-10(20-11)18-8(21-22)5-2-3-7(13)6(4-5)12(14,15)16/h2-4H,1H3,(H2,17,18,19,20,21). The number of aromatic nitrogens is 5. The molecule has 120 valence electrons. The molecule has 1 aromatic carbocycles. The fourth-order valence-electron chi connectivity index (χ4n) is 1.88. The first-order chi connectivity index (χ1) is 10.8. The van der Waals surface area contributed by atoms with Gasteiger partial charge in [-0.2, -0.15) is 32.6 Å². The molecule has 3 rings (SSSR count). The lowest BCUT2D eigenvalue weighted by Crippen LogP contribution is -2.06. The average molecular weight is 405 g/mol. The minimum atomic E-state index is -4.49. The summed E-state index contributed by atoms with van der Waals surface area (Å²) in [6.45, 7) is 0. The van der Waals surface area contributed by atoms with E-state index in [0.29, 0.717) is 5.16 Å². The molecule has 23 heavy (non-hydrogen) atoms. The van der Waals surface area contributed by atoms with Crippen LogP contribution in [0.2, 0.25) is 0 Å². The predicted octanol–water partition coefficient (Wildman–Crippen LogP) is 3.27. The molecule has 2 aromatic heterocycles. The van der Waals surface area contributed by atoms with Gasteiger partial charge in [0.05, 0.1) is 5.56 Å². The molecule has 0 saturated heterocycles. The van der Waals surface area contributed by atoms with Gasteiger partial charge in [0.1, 0.15) is 0 Å². The molecule has 6 nitrogen and oxygen atoms in total. The highest BCUT2D eigenvalue weighted by Gasteiger charge is 2.33. The third-order valence-electron chi connectivity index (χ3n) is 2.93. The number of thioether (sulfide) groups is 1. The van der Waals surface area contributed by atoms with E-state index in [9.17, 15) is 13.2 Å². The van der Waals surface area contributed by atoms with Crippen LogP contribution in [0.25, 0.3) is 17.2 Å². The topological polar surface area (TPSA) is 82.0 Å². The van der Waals surface area contributed by atoms with Crippen molar-refractivity contribution >= 4 is 39.4 Å². The van der Waals surface area contributed by atoms with Gasteiger partial charge in [0.2, 0.25) is 5.95 Å². The van der Waals surface area contributed by atoms with Crippen LogP contribution in [0, 0.1) is 0 Å². The summed E-state index contributed by atoms with van der Waals surface area (Å²) in [6, 6.07) is 3.75. The van der Waals surface area contributed by atoms with Gasteiger partial charge in [0.25, 0.3) is 5.78 Å².